The molecule has 0 aromatic heterocycles. The molecule has 0 radical (unpaired) electrons. The quantitative estimate of drug-likeness (QED) is 0.238. The largest absolute Gasteiger partial charge is 0.508 e. The maximum atomic E-state index is 11.0. The van der Waals surface area contributed by atoms with E-state index in [4.69, 9.17) is 0 Å². The van der Waals surface area contributed by atoms with Crippen molar-refractivity contribution in [2.24, 2.45) is 0 Å². The first-order valence-corrected chi connectivity index (χ1v) is 13.9. The fraction of sp³-hybridized carbons (Fsp3) is 0.625. The number of phenolic OH excluding ortho intramolecular Hbond substituents is 1. The Kier molecular flexibility index (Phi) is 12.7. The van der Waals surface area contributed by atoms with E-state index in [1.807, 2.05) is 6.07 Å². The van der Waals surface area contributed by atoms with Gasteiger partial charge in [0.1, 0.15) is 5.75 Å². The summed E-state index contributed by atoms with van der Waals surface area (Å²) in [5.74, 6) is 0.986. The van der Waals surface area contributed by atoms with Crippen molar-refractivity contribution in [2.45, 2.75) is 129 Å². The normalized spacial score (nSPS) is 12.7. The van der Waals surface area contributed by atoms with E-state index in [2.05, 4.69) is 70.2 Å². The lowest BCUT2D eigenvalue weighted by molar-refractivity contribution is 0.440. The van der Waals surface area contributed by atoms with Gasteiger partial charge < -0.3 is 5.11 Å². The minimum absolute atomic E-state index is 0.219. The fourth-order valence-electron chi connectivity index (χ4n) is 5.38. The third-order valence-electron chi connectivity index (χ3n) is 7.45. The zero-order valence-electron chi connectivity index (χ0n) is 22.0. The lowest BCUT2D eigenvalue weighted by Gasteiger charge is -2.32. The number of unbranched alkanes of at least 4 members (excludes halogenated alkanes) is 10. The lowest BCUT2D eigenvalue weighted by atomic mass is 9.72. The van der Waals surface area contributed by atoms with Crippen LogP contribution in [0.3, 0.4) is 0 Å². The molecule has 0 aliphatic carbocycles. The number of aromatic hydroxyl groups is 1. The molecule has 0 fully saturated rings. The maximum absolute atomic E-state index is 11.0. The third-order valence-corrected chi connectivity index (χ3v) is 7.45. The highest BCUT2D eigenvalue weighted by Crippen LogP contribution is 2.43. The van der Waals surface area contributed by atoms with Crippen LogP contribution in [-0.4, -0.2) is 5.11 Å². The molecule has 0 amide bonds. The standard InChI is InChI=1S/C32H50O/c1-5-7-9-10-11-12-13-14-17-22-27(21-16-8-6-2)29-25-20-26-30(33)31(29)32(3,4)28-23-18-15-19-24-28/h15,18-20,23-27,33H,5-14,16-17,21-22H2,1-4H3. The molecule has 2 aromatic rings. The van der Waals surface area contributed by atoms with Crippen molar-refractivity contribution in [1.82, 2.24) is 0 Å². The van der Waals surface area contributed by atoms with Crippen molar-refractivity contribution < 1.29 is 5.11 Å². The average Bonchev–Trinajstić information content (AvgIpc) is 2.82. The van der Waals surface area contributed by atoms with E-state index in [9.17, 15) is 5.11 Å². The van der Waals surface area contributed by atoms with E-state index in [0.29, 0.717) is 11.7 Å². The van der Waals surface area contributed by atoms with Crippen molar-refractivity contribution in [3.8, 4) is 5.75 Å². The highest BCUT2D eigenvalue weighted by atomic mass is 16.3. The van der Waals surface area contributed by atoms with Crippen molar-refractivity contribution in [1.29, 1.82) is 0 Å². The summed E-state index contributed by atoms with van der Waals surface area (Å²) in [5.41, 5.74) is 3.56. The molecule has 1 nitrogen and oxygen atoms in total. The minimum Gasteiger partial charge on any atom is -0.508 e. The first-order chi connectivity index (χ1) is 16.0. The van der Waals surface area contributed by atoms with Gasteiger partial charge >= 0.3 is 0 Å². The van der Waals surface area contributed by atoms with Crippen LogP contribution in [0.4, 0.5) is 0 Å². The van der Waals surface area contributed by atoms with Crippen LogP contribution in [0.25, 0.3) is 0 Å². The Labute approximate surface area is 205 Å². The number of phenols is 1. The predicted molar refractivity (Wildman–Crippen MR) is 145 cm³/mol. The van der Waals surface area contributed by atoms with E-state index < -0.39 is 0 Å². The molecule has 0 saturated carbocycles. The van der Waals surface area contributed by atoms with Gasteiger partial charge in [-0.1, -0.05) is 147 Å². The smallest absolute Gasteiger partial charge is 0.119 e. The zero-order valence-corrected chi connectivity index (χ0v) is 22.0. The van der Waals surface area contributed by atoms with Gasteiger partial charge in [0.05, 0.1) is 0 Å². The molecule has 1 unspecified atom stereocenters. The Morgan fingerprint density at radius 2 is 1.15 bits per heavy atom. The van der Waals surface area contributed by atoms with Crippen molar-refractivity contribution in [2.75, 3.05) is 0 Å². The molecule has 0 spiro atoms. The number of rotatable bonds is 17. The molecule has 0 aliphatic rings. The Bertz CT molecular complexity index is 761. The summed E-state index contributed by atoms with van der Waals surface area (Å²) >= 11 is 0. The molecule has 1 N–H and O–H groups in total. The SMILES string of the molecule is CCCCCCCCCCCC(CCCCC)c1cccc(O)c1C(C)(C)c1ccccc1. The van der Waals surface area contributed by atoms with Gasteiger partial charge in [-0.05, 0) is 36.0 Å². The van der Waals surface area contributed by atoms with Crippen molar-refractivity contribution in [3.63, 3.8) is 0 Å². The van der Waals surface area contributed by atoms with Crippen LogP contribution in [0.5, 0.6) is 5.75 Å². The summed E-state index contributed by atoms with van der Waals surface area (Å²) in [6, 6.07) is 16.9. The van der Waals surface area contributed by atoms with Gasteiger partial charge in [-0.3, -0.25) is 0 Å². The first kappa shape index (κ1) is 27.5. The predicted octanol–water partition coefficient (Wildman–Crippen LogP) is 10.3. The van der Waals surface area contributed by atoms with Crippen LogP contribution in [0.2, 0.25) is 0 Å². The molecule has 0 aliphatic heterocycles. The minimum atomic E-state index is -0.219. The summed E-state index contributed by atoms with van der Waals surface area (Å²) in [6.07, 6.45) is 18.6. The van der Waals surface area contributed by atoms with Crippen LogP contribution in [0, 0.1) is 0 Å². The second kappa shape index (κ2) is 15.2. The van der Waals surface area contributed by atoms with Gasteiger partial charge in [-0.25, -0.2) is 0 Å². The third kappa shape index (κ3) is 8.84. The summed E-state index contributed by atoms with van der Waals surface area (Å²) < 4.78 is 0. The summed E-state index contributed by atoms with van der Waals surface area (Å²) in [7, 11) is 0. The molecule has 0 heterocycles. The highest BCUT2D eigenvalue weighted by molar-refractivity contribution is 5.51. The monoisotopic (exact) mass is 450 g/mol. The van der Waals surface area contributed by atoms with Crippen molar-refractivity contribution >= 4 is 0 Å². The van der Waals surface area contributed by atoms with Crippen LogP contribution in [-0.2, 0) is 5.41 Å². The summed E-state index contributed by atoms with van der Waals surface area (Å²) in [5, 5.41) is 11.0. The number of hydrogen-bond acceptors (Lipinski definition) is 1. The topological polar surface area (TPSA) is 20.2 Å². The van der Waals surface area contributed by atoms with Gasteiger partial charge in [-0.2, -0.15) is 0 Å². The Morgan fingerprint density at radius 1 is 0.636 bits per heavy atom. The molecular formula is C32H50O. The number of hydrogen-bond donors (Lipinski definition) is 1. The maximum Gasteiger partial charge on any atom is 0.119 e. The molecular weight excluding hydrogens is 400 g/mol. The Hall–Kier alpha value is -1.76. The second-order valence-corrected chi connectivity index (χ2v) is 10.5. The Balaban J connectivity index is 2.10. The van der Waals surface area contributed by atoms with E-state index in [-0.39, 0.29) is 5.41 Å². The van der Waals surface area contributed by atoms with Gasteiger partial charge in [-0.15, -0.1) is 0 Å². The molecule has 0 saturated heterocycles. The second-order valence-electron chi connectivity index (χ2n) is 10.5. The average molecular weight is 451 g/mol. The van der Waals surface area contributed by atoms with E-state index >= 15 is 0 Å². The van der Waals surface area contributed by atoms with Gasteiger partial charge in [0.2, 0.25) is 0 Å². The highest BCUT2D eigenvalue weighted by Gasteiger charge is 2.31. The van der Waals surface area contributed by atoms with Crippen LogP contribution in [0.15, 0.2) is 48.5 Å². The van der Waals surface area contributed by atoms with Crippen LogP contribution < -0.4 is 0 Å². The number of benzene rings is 2. The molecule has 2 aromatic carbocycles. The molecule has 0 bridgehead atoms. The Morgan fingerprint density at radius 3 is 1.76 bits per heavy atom. The lowest BCUT2D eigenvalue weighted by Crippen LogP contribution is -2.22. The molecule has 1 atom stereocenters. The first-order valence-electron chi connectivity index (χ1n) is 13.9. The fourth-order valence-corrected chi connectivity index (χ4v) is 5.38. The summed E-state index contributed by atoms with van der Waals surface area (Å²) in [4.78, 5) is 0. The van der Waals surface area contributed by atoms with E-state index in [1.54, 1.807) is 0 Å². The van der Waals surface area contributed by atoms with Gasteiger partial charge in [0.25, 0.3) is 0 Å². The zero-order chi connectivity index (χ0) is 23.9. The van der Waals surface area contributed by atoms with Crippen LogP contribution in [0.1, 0.15) is 140 Å². The van der Waals surface area contributed by atoms with Crippen molar-refractivity contribution in [3.05, 3.63) is 65.2 Å². The van der Waals surface area contributed by atoms with Gasteiger partial charge in [0.15, 0.2) is 0 Å². The molecule has 33 heavy (non-hydrogen) atoms. The molecule has 2 rings (SSSR count). The van der Waals surface area contributed by atoms with Crippen LogP contribution >= 0.6 is 0 Å². The molecule has 1 heteroatoms. The van der Waals surface area contributed by atoms with Gasteiger partial charge in [0, 0.05) is 11.0 Å². The molecule has 184 valence electrons. The van der Waals surface area contributed by atoms with E-state index in [1.165, 1.54) is 101 Å². The van der Waals surface area contributed by atoms with E-state index in [0.717, 1.165) is 5.56 Å². The summed E-state index contributed by atoms with van der Waals surface area (Å²) in [6.45, 7) is 9.11.